The minimum atomic E-state index is -0.108. The van der Waals surface area contributed by atoms with Crippen LogP contribution in [-0.4, -0.2) is 15.0 Å². The molecule has 0 radical (unpaired) electrons. The highest BCUT2D eigenvalue weighted by molar-refractivity contribution is 5.69. The van der Waals surface area contributed by atoms with Gasteiger partial charge < -0.3 is 4.98 Å². The van der Waals surface area contributed by atoms with Crippen LogP contribution in [0.5, 0.6) is 0 Å². The first kappa shape index (κ1) is 10.4. The zero-order chi connectivity index (χ0) is 10.6. The largest absolute Gasteiger partial charge is 0.305 e. The molecule has 1 N–H and O–H groups in total. The van der Waals surface area contributed by atoms with E-state index in [2.05, 4.69) is 15.0 Å². The molecule has 4 nitrogen and oxygen atoms in total. The highest BCUT2D eigenvalue weighted by atomic mass is 16.1. The molecule has 0 saturated heterocycles. The van der Waals surface area contributed by atoms with Gasteiger partial charge in [-0.1, -0.05) is 13.8 Å². The Morgan fingerprint density at radius 3 is 2.57 bits per heavy atom. The number of aromatic nitrogens is 3. The minimum Gasteiger partial charge on any atom is -0.305 e. The smallest absolute Gasteiger partial charge is 0.252 e. The van der Waals surface area contributed by atoms with Gasteiger partial charge in [-0.25, -0.2) is 4.98 Å². The van der Waals surface area contributed by atoms with Crippen LogP contribution in [-0.2, 0) is 0 Å². The van der Waals surface area contributed by atoms with Crippen molar-refractivity contribution in [3.63, 3.8) is 0 Å². The summed E-state index contributed by atoms with van der Waals surface area (Å²) in [5, 5.41) is 0. The Morgan fingerprint density at radius 2 is 1.86 bits per heavy atom. The van der Waals surface area contributed by atoms with Crippen molar-refractivity contribution in [2.75, 3.05) is 0 Å². The number of rotatable bonds is 0. The number of pyridine rings is 1. The van der Waals surface area contributed by atoms with Gasteiger partial charge in [0.1, 0.15) is 5.52 Å². The van der Waals surface area contributed by atoms with Crippen LogP contribution in [0, 0.1) is 6.92 Å². The molecule has 0 bridgehead atoms. The van der Waals surface area contributed by atoms with Crippen LogP contribution >= 0.6 is 0 Å². The molecule has 0 aliphatic heterocycles. The Bertz CT molecular complexity index is 476. The first-order chi connectivity index (χ1) is 6.77. The van der Waals surface area contributed by atoms with Crippen LogP contribution in [0.15, 0.2) is 23.3 Å². The van der Waals surface area contributed by atoms with Crippen LogP contribution in [0.4, 0.5) is 0 Å². The molecule has 74 valence electrons. The average molecular weight is 191 g/mol. The highest BCUT2D eigenvalue weighted by Gasteiger charge is 1.98. The van der Waals surface area contributed by atoms with Crippen molar-refractivity contribution in [3.05, 3.63) is 34.4 Å². The van der Waals surface area contributed by atoms with Gasteiger partial charge in [0.2, 0.25) is 0 Å². The molecule has 4 heteroatoms. The molecule has 0 aliphatic carbocycles. The summed E-state index contributed by atoms with van der Waals surface area (Å²) < 4.78 is 0. The lowest BCUT2D eigenvalue weighted by Crippen LogP contribution is -2.09. The van der Waals surface area contributed by atoms with Crippen molar-refractivity contribution in [1.29, 1.82) is 0 Å². The van der Waals surface area contributed by atoms with Gasteiger partial charge in [0, 0.05) is 18.0 Å². The molecule has 2 aromatic heterocycles. The van der Waals surface area contributed by atoms with Gasteiger partial charge in [0.05, 0.1) is 0 Å². The maximum Gasteiger partial charge on any atom is 0.252 e. The molecule has 0 spiro atoms. The zero-order valence-electron chi connectivity index (χ0n) is 8.53. The van der Waals surface area contributed by atoms with E-state index in [-0.39, 0.29) is 5.56 Å². The van der Waals surface area contributed by atoms with Crippen molar-refractivity contribution >= 4 is 11.2 Å². The summed E-state index contributed by atoms with van der Waals surface area (Å²) in [5.74, 6) is 0. The van der Waals surface area contributed by atoms with Crippen molar-refractivity contribution < 1.29 is 0 Å². The second-order valence-electron chi connectivity index (χ2n) is 2.57. The number of fused-ring (bicyclic) bond motifs is 1. The van der Waals surface area contributed by atoms with Crippen LogP contribution in [0.3, 0.4) is 0 Å². The van der Waals surface area contributed by atoms with Crippen molar-refractivity contribution in [2.45, 2.75) is 20.8 Å². The van der Waals surface area contributed by atoms with Crippen LogP contribution in [0.1, 0.15) is 19.4 Å². The van der Waals surface area contributed by atoms with Crippen LogP contribution in [0.2, 0.25) is 0 Å². The third-order valence-corrected chi connectivity index (χ3v) is 1.67. The lowest BCUT2D eigenvalue weighted by atomic mass is 10.3. The third kappa shape index (κ3) is 1.96. The lowest BCUT2D eigenvalue weighted by Gasteiger charge is -1.95. The maximum absolute atomic E-state index is 11.1. The Balaban J connectivity index is 0.000000461. The van der Waals surface area contributed by atoms with Gasteiger partial charge >= 0.3 is 0 Å². The summed E-state index contributed by atoms with van der Waals surface area (Å²) >= 11 is 0. The van der Waals surface area contributed by atoms with Gasteiger partial charge in [-0.2, -0.15) is 0 Å². The van der Waals surface area contributed by atoms with Gasteiger partial charge in [-0.05, 0) is 13.0 Å². The van der Waals surface area contributed by atoms with Crippen molar-refractivity contribution in [2.24, 2.45) is 0 Å². The number of nitrogens with zero attached hydrogens (tertiary/aromatic N) is 2. The quantitative estimate of drug-likeness (QED) is 0.688. The van der Waals surface area contributed by atoms with E-state index in [9.17, 15) is 4.79 Å². The molecule has 0 saturated carbocycles. The first-order valence-electron chi connectivity index (χ1n) is 4.58. The van der Waals surface area contributed by atoms with Gasteiger partial charge in [-0.3, -0.25) is 9.78 Å². The van der Waals surface area contributed by atoms with E-state index in [0.717, 1.165) is 5.52 Å². The Kier molecular flexibility index (Phi) is 3.34. The average Bonchev–Trinajstić information content (AvgIpc) is 2.23. The van der Waals surface area contributed by atoms with Crippen molar-refractivity contribution in [3.8, 4) is 0 Å². The molecule has 0 fully saturated rings. The fourth-order valence-corrected chi connectivity index (χ4v) is 1.03. The number of hydrogen-bond donors (Lipinski definition) is 1. The predicted molar refractivity (Wildman–Crippen MR) is 56.2 cm³/mol. The molecule has 2 rings (SSSR count). The molecule has 2 aromatic rings. The van der Waals surface area contributed by atoms with Gasteiger partial charge in [0.15, 0.2) is 5.65 Å². The topological polar surface area (TPSA) is 58.6 Å². The third-order valence-electron chi connectivity index (χ3n) is 1.67. The second kappa shape index (κ2) is 4.50. The van der Waals surface area contributed by atoms with E-state index >= 15 is 0 Å². The fraction of sp³-hybridized carbons (Fsp3) is 0.300. The normalized spacial score (nSPS) is 9.36. The highest BCUT2D eigenvalue weighted by Crippen LogP contribution is 2.01. The number of nitrogens with one attached hydrogen (secondary N) is 1. The molecule has 0 aromatic carbocycles. The summed E-state index contributed by atoms with van der Waals surface area (Å²) in [6.45, 7) is 5.74. The number of aromatic amines is 1. The summed E-state index contributed by atoms with van der Waals surface area (Å²) in [4.78, 5) is 21.8. The number of H-pyrrole nitrogens is 1. The molecule has 2 heterocycles. The Hall–Kier alpha value is -1.71. The monoisotopic (exact) mass is 191 g/mol. The predicted octanol–water partition coefficient (Wildman–Crippen LogP) is 1.65. The van der Waals surface area contributed by atoms with Crippen LogP contribution < -0.4 is 5.56 Å². The summed E-state index contributed by atoms with van der Waals surface area (Å²) in [6.07, 6.45) is 3.15. The van der Waals surface area contributed by atoms with E-state index in [4.69, 9.17) is 0 Å². The van der Waals surface area contributed by atoms with E-state index in [1.807, 2.05) is 13.8 Å². The molecule has 0 unspecified atom stereocenters. The minimum absolute atomic E-state index is 0.108. The van der Waals surface area contributed by atoms with E-state index in [0.29, 0.717) is 11.2 Å². The van der Waals surface area contributed by atoms with Gasteiger partial charge in [-0.15, -0.1) is 0 Å². The Morgan fingerprint density at radius 1 is 1.21 bits per heavy atom. The second-order valence-corrected chi connectivity index (χ2v) is 2.57. The number of hydrogen-bond acceptors (Lipinski definition) is 3. The molecule has 0 amide bonds. The summed E-state index contributed by atoms with van der Waals surface area (Å²) in [6, 6.07) is 1.72. The molecule has 0 atom stereocenters. The van der Waals surface area contributed by atoms with E-state index < -0.39 is 0 Å². The first-order valence-corrected chi connectivity index (χ1v) is 4.58. The summed E-state index contributed by atoms with van der Waals surface area (Å²) in [7, 11) is 0. The zero-order valence-corrected chi connectivity index (χ0v) is 8.53. The molecule has 14 heavy (non-hydrogen) atoms. The molecular formula is C10H13N3O. The standard InChI is InChI=1S/C8H7N3O.C2H6/c1-5-4-6-7(11-8(5)12)10-3-2-9-6;1-2/h2-4H,1H3,(H,10,11,12);1-2H3. The fourth-order valence-electron chi connectivity index (χ4n) is 1.03. The lowest BCUT2D eigenvalue weighted by molar-refractivity contribution is 1.16. The van der Waals surface area contributed by atoms with E-state index in [1.54, 1.807) is 25.4 Å². The maximum atomic E-state index is 11.1. The molecular weight excluding hydrogens is 178 g/mol. The summed E-state index contributed by atoms with van der Waals surface area (Å²) in [5.41, 5.74) is 1.80. The van der Waals surface area contributed by atoms with Crippen molar-refractivity contribution in [1.82, 2.24) is 15.0 Å². The van der Waals surface area contributed by atoms with Crippen LogP contribution in [0.25, 0.3) is 11.2 Å². The molecule has 0 aliphatic rings. The number of aryl methyl sites for hydroxylation is 1. The van der Waals surface area contributed by atoms with Gasteiger partial charge in [0.25, 0.3) is 5.56 Å². The SMILES string of the molecule is CC.Cc1cc2nccnc2[nH]c1=O. The Labute approximate surface area is 82.0 Å². The van der Waals surface area contributed by atoms with E-state index in [1.165, 1.54) is 0 Å².